The number of alkyl halides is 11. The van der Waals surface area contributed by atoms with Gasteiger partial charge in [0.1, 0.15) is 6.42 Å². The van der Waals surface area contributed by atoms with Crippen LogP contribution < -0.4 is 4.31 Å². The highest BCUT2D eigenvalue weighted by Gasteiger charge is 2.83. The molecule has 0 aliphatic carbocycles. The fourth-order valence-corrected chi connectivity index (χ4v) is 4.05. The zero-order chi connectivity index (χ0) is 26.4. The Labute approximate surface area is 185 Å². The van der Waals surface area contributed by atoms with Gasteiger partial charge in [-0.25, -0.2) is 4.31 Å². The van der Waals surface area contributed by atoms with Crippen molar-refractivity contribution in [2.45, 2.75) is 43.4 Å². The molecule has 2 aromatic carbocycles. The molecule has 0 aliphatic heterocycles. The number of halogens is 11. The lowest BCUT2D eigenvalue weighted by Gasteiger charge is -2.36. The molecular weight excluding hydrogens is 519 g/mol. The van der Waals surface area contributed by atoms with Crippen LogP contribution in [0.4, 0.5) is 54.0 Å². The topological polar surface area (TPSA) is 46.6 Å². The number of rotatable bonds is 9. The molecule has 0 saturated carbocycles. The van der Waals surface area contributed by atoms with E-state index in [0.29, 0.717) is 5.39 Å². The van der Waals surface area contributed by atoms with Crippen LogP contribution in [0.3, 0.4) is 0 Å². The van der Waals surface area contributed by atoms with E-state index in [2.05, 4.69) is 4.18 Å². The molecule has 0 atom stereocenters. The fraction of sp³-hybridized carbons (Fsp3) is 0.444. The minimum atomic E-state index is -7.39. The molecule has 0 unspecified atom stereocenters. The number of nitrogens with zero attached hydrogens (tertiary/aromatic N) is 1. The predicted molar refractivity (Wildman–Crippen MR) is 97.4 cm³/mol. The average Bonchev–Trinajstić information content (AvgIpc) is 2.65. The van der Waals surface area contributed by atoms with Gasteiger partial charge in [-0.3, -0.25) is 0 Å². The van der Waals surface area contributed by atoms with Crippen molar-refractivity contribution in [3.05, 3.63) is 42.5 Å². The van der Waals surface area contributed by atoms with Gasteiger partial charge < -0.3 is 0 Å². The average molecular weight is 533 g/mol. The van der Waals surface area contributed by atoms with E-state index in [4.69, 9.17) is 0 Å². The summed E-state index contributed by atoms with van der Waals surface area (Å²) < 4.78 is 174. The Kier molecular flexibility index (Phi) is 7.13. The maximum atomic E-state index is 14.0. The first-order valence-corrected chi connectivity index (χ1v) is 10.4. The summed E-state index contributed by atoms with van der Waals surface area (Å²) in [6.07, 6.45) is -16.9. The molecule has 0 saturated heterocycles. The van der Waals surface area contributed by atoms with E-state index in [1.54, 1.807) is 0 Å². The molecule has 34 heavy (non-hydrogen) atoms. The van der Waals surface area contributed by atoms with Crippen LogP contribution in [0.2, 0.25) is 0 Å². The summed E-state index contributed by atoms with van der Waals surface area (Å²) in [6.45, 7) is 0.240. The van der Waals surface area contributed by atoms with Crippen LogP contribution in [0.15, 0.2) is 42.5 Å². The molecule has 16 heteroatoms. The van der Waals surface area contributed by atoms with Gasteiger partial charge in [0.2, 0.25) is 0 Å². The Bertz CT molecular complexity index is 1130. The first-order chi connectivity index (χ1) is 15.2. The molecule has 0 radical (unpaired) electrons. The maximum Gasteiger partial charge on any atom is 0.441 e. The molecule has 2 aromatic rings. The molecule has 2 rings (SSSR count). The third-order valence-electron chi connectivity index (χ3n) is 4.44. The van der Waals surface area contributed by atoms with Gasteiger partial charge in [-0.1, -0.05) is 36.4 Å². The van der Waals surface area contributed by atoms with E-state index in [1.807, 2.05) is 0 Å². The molecule has 192 valence electrons. The standard InChI is InChI=1S/C18H14F11NO3S/c1-2-30(13-9-5-7-11-6-3-4-8-12(11)13)34(31,32)33-18(28,29)17(26,27)16(24,25)14(19,20)10-15(21,22)23/h3-9H,2,10H2,1H3. The van der Waals surface area contributed by atoms with Crippen LogP contribution >= 0.6 is 0 Å². The van der Waals surface area contributed by atoms with Crippen LogP contribution in [0, 0.1) is 0 Å². The lowest BCUT2D eigenvalue weighted by molar-refractivity contribution is -0.414. The van der Waals surface area contributed by atoms with Gasteiger partial charge in [0.15, 0.2) is 0 Å². The van der Waals surface area contributed by atoms with Gasteiger partial charge in [-0.2, -0.15) is 60.9 Å². The summed E-state index contributed by atoms with van der Waals surface area (Å²) in [5.74, 6) is -21.5. The van der Waals surface area contributed by atoms with Crippen LogP contribution in [0.1, 0.15) is 13.3 Å². The summed E-state index contributed by atoms with van der Waals surface area (Å²) >= 11 is 0. The molecule has 0 N–H and O–H groups in total. The zero-order valence-corrected chi connectivity index (χ0v) is 17.5. The Balaban J connectivity index is 2.49. The molecular formula is C18H14F11NO3S. The quantitative estimate of drug-likeness (QED) is 0.352. The Morgan fingerprint density at radius 3 is 1.85 bits per heavy atom. The lowest BCUT2D eigenvalue weighted by atomic mass is 10.0. The number of anilines is 1. The van der Waals surface area contributed by atoms with E-state index in [1.165, 1.54) is 36.4 Å². The van der Waals surface area contributed by atoms with Crippen LogP contribution in [0.25, 0.3) is 10.8 Å². The van der Waals surface area contributed by atoms with Gasteiger partial charge in [0.25, 0.3) is 0 Å². The smallest absolute Gasteiger partial charge is 0.247 e. The highest BCUT2D eigenvalue weighted by Crippen LogP contribution is 2.56. The van der Waals surface area contributed by atoms with Crippen LogP contribution in [0.5, 0.6) is 0 Å². The van der Waals surface area contributed by atoms with Crippen molar-refractivity contribution >= 4 is 26.8 Å². The Hall–Kier alpha value is -2.36. The van der Waals surface area contributed by atoms with E-state index >= 15 is 0 Å². The van der Waals surface area contributed by atoms with E-state index in [9.17, 15) is 56.7 Å². The maximum absolute atomic E-state index is 14.0. The monoisotopic (exact) mass is 533 g/mol. The summed E-state index contributed by atoms with van der Waals surface area (Å²) in [6, 6.07) is 9.34. The number of hydrogen-bond donors (Lipinski definition) is 0. The Morgan fingerprint density at radius 1 is 0.794 bits per heavy atom. The molecule has 0 heterocycles. The normalized spacial score (nSPS) is 14.5. The fourth-order valence-electron chi connectivity index (χ4n) is 2.88. The van der Waals surface area contributed by atoms with Crippen molar-refractivity contribution in [3.63, 3.8) is 0 Å². The molecule has 0 amide bonds. The van der Waals surface area contributed by atoms with Gasteiger partial charge in [-0.15, -0.1) is 0 Å². The first-order valence-electron chi connectivity index (χ1n) is 8.99. The Morgan fingerprint density at radius 2 is 1.32 bits per heavy atom. The highest BCUT2D eigenvalue weighted by molar-refractivity contribution is 7.88. The minimum absolute atomic E-state index is 0.0364. The minimum Gasteiger partial charge on any atom is -0.247 e. The van der Waals surface area contributed by atoms with Crippen molar-refractivity contribution in [1.82, 2.24) is 0 Å². The van der Waals surface area contributed by atoms with Gasteiger partial charge in [0, 0.05) is 11.9 Å². The highest BCUT2D eigenvalue weighted by atomic mass is 32.2. The molecule has 0 aliphatic rings. The van der Waals surface area contributed by atoms with Gasteiger partial charge in [0.05, 0.1) is 5.69 Å². The van der Waals surface area contributed by atoms with Gasteiger partial charge >= 0.3 is 40.4 Å². The second-order valence-electron chi connectivity index (χ2n) is 6.87. The molecule has 0 aromatic heterocycles. The third-order valence-corrected chi connectivity index (χ3v) is 5.86. The van der Waals surface area contributed by atoms with Gasteiger partial charge in [-0.05, 0) is 18.4 Å². The summed E-state index contributed by atoms with van der Waals surface area (Å²) in [4.78, 5) is 0. The number of fused-ring (bicyclic) bond motifs is 1. The SMILES string of the molecule is CCN(c1cccc2ccccc12)S(=O)(=O)OC(F)(F)C(F)(F)C(F)(F)C(F)(F)CC(F)(F)F. The molecule has 0 spiro atoms. The lowest BCUT2D eigenvalue weighted by Crippen LogP contribution is -2.64. The van der Waals surface area contributed by atoms with Crippen molar-refractivity contribution < 1.29 is 60.9 Å². The van der Waals surface area contributed by atoms with E-state index < -0.39 is 59.0 Å². The molecule has 0 fully saturated rings. The zero-order valence-electron chi connectivity index (χ0n) is 16.7. The van der Waals surface area contributed by atoms with Crippen molar-refractivity contribution in [1.29, 1.82) is 0 Å². The molecule has 0 bridgehead atoms. The molecule has 4 nitrogen and oxygen atoms in total. The summed E-state index contributed by atoms with van der Waals surface area (Å²) in [5, 5.41) is 0.403. The number of hydrogen-bond acceptors (Lipinski definition) is 3. The summed E-state index contributed by atoms with van der Waals surface area (Å²) in [5.41, 5.74) is -0.422. The second kappa shape index (κ2) is 8.70. The van der Waals surface area contributed by atoms with Crippen molar-refractivity contribution in [2.24, 2.45) is 0 Å². The third kappa shape index (κ3) is 5.01. The van der Waals surface area contributed by atoms with Crippen molar-refractivity contribution in [2.75, 3.05) is 10.8 Å². The first kappa shape index (κ1) is 27.9. The number of benzene rings is 2. The van der Waals surface area contributed by atoms with E-state index in [-0.39, 0.29) is 9.69 Å². The second-order valence-corrected chi connectivity index (χ2v) is 8.33. The largest absolute Gasteiger partial charge is 0.441 e. The predicted octanol–water partition coefficient (Wildman–Crippen LogP) is 6.38. The summed E-state index contributed by atoms with van der Waals surface area (Å²) in [7, 11) is -6.10. The van der Waals surface area contributed by atoms with Crippen LogP contribution in [-0.2, 0) is 14.5 Å². The van der Waals surface area contributed by atoms with Crippen LogP contribution in [-0.4, -0.2) is 45.0 Å². The van der Waals surface area contributed by atoms with E-state index in [0.717, 1.165) is 13.0 Å². The van der Waals surface area contributed by atoms with Crippen molar-refractivity contribution in [3.8, 4) is 0 Å².